The fraction of sp³-hybridized carbons (Fsp3) is 0.615. The van der Waals surface area contributed by atoms with E-state index in [1.165, 1.54) is 0 Å². The molecule has 0 radical (unpaired) electrons. The van der Waals surface area contributed by atoms with Crippen LogP contribution in [0.4, 0.5) is 19.0 Å². The van der Waals surface area contributed by atoms with Gasteiger partial charge in [-0.15, -0.1) is 0 Å². The van der Waals surface area contributed by atoms with Gasteiger partial charge in [0, 0.05) is 12.7 Å². The Balaban J connectivity index is 2.77. The smallest absolute Gasteiger partial charge is 0.369 e. The van der Waals surface area contributed by atoms with Crippen LogP contribution in [0.2, 0.25) is 5.02 Å². The molecule has 0 saturated carbocycles. The van der Waals surface area contributed by atoms with E-state index < -0.39 is 11.7 Å². The van der Waals surface area contributed by atoms with Crippen molar-refractivity contribution in [1.29, 1.82) is 0 Å². The second-order valence-corrected chi connectivity index (χ2v) is 6.11. The molecule has 1 atom stereocenters. The number of pyridine rings is 1. The molecule has 1 aromatic heterocycles. The van der Waals surface area contributed by atoms with Crippen molar-refractivity contribution in [3.8, 4) is 0 Å². The lowest BCUT2D eigenvalue weighted by Crippen LogP contribution is -2.25. The lowest BCUT2D eigenvalue weighted by molar-refractivity contribution is -0.137. The summed E-state index contributed by atoms with van der Waals surface area (Å²) in [5.41, 5.74) is -0.738. The number of nitrogens with one attached hydrogen (secondary N) is 1. The van der Waals surface area contributed by atoms with E-state index in [0.717, 1.165) is 12.3 Å². The maximum atomic E-state index is 12.5. The number of anilines is 1. The summed E-state index contributed by atoms with van der Waals surface area (Å²) in [6.07, 6.45) is -3.64. The van der Waals surface area contributed by atoms with Gasteiger partial charge in [0.2, 0.25) is 0 Å². The number of halogens is 4. The summed E-state index contributed by atoms with van der Waals surface area (Å²) in [5, 5.41) is 2.97. The van der Waals surface area contributed by atoms with Gasteiger partial charge in [-0.25, -0.2) is 4.98 Å². The van der Waals surface area contributed by atoms with E-state index in [9.17, 15) is 13.2 Å². The highest BCUT2D eigenvalue weighted by atomic mass is 35.5. The van der Waals surface area contributed by atoms with Crippen molar-refractivity contribution in [1.82, 2.24) is 4.98 Å². The first-order valence-electron chi connectivity index (χ1n) is 5.98. The molecule has 0 saturated heterocycles. The highest BCUT2D eigenvalue weighted by molar-refractivity contribution is 6.32. The lowest BCUT2D eigenvalue weighted by Gasteiger charge is -2.27. The number of aromatic nitrogens is 1. The van der Waals surface area contributed by atoms with E-state index in [1.807, 2.05) is 0 Å². The minimum absolute atomic E-state index is 0.0177. The number of hydrogen-bond acceptors (Lipinski definition) is 2. The Kier molecular flexibility index (Phi) is 4.72. The number of nitrogens with zero attached hydrogens (tertiary/aromatic N) is 1. The van der Waals surface area contributed by atoms with Gasteiger partial charge in [0.15, 0.2) is 0 Å². The van der Waals surface area contributed by atoms with Crippen molar-refractivity contribution in [2.75, 3.05) is 11.9 Å². The predicted molar refractivity (Wildman–Crippen MR) is 71.4 cm³/mol. The molecule has 1 aromatic rings. The Morgan fingerprint density at radius 1 is 1.32 bits per heavy atom. The van der Waals surface area contributed by atoms with Crippen molar-refractivity contribution in [3.05, 3.63) is 22.8 Å². The third-order valence-electron chi connectivity index (χ3n) is 3.22. The first kappa shape index (κ1) is 16.1. The summed E-state index contributed by atoms with van der Waals surface area (Å²) in [7, 11) is 0. The number of alkyl halides is 3. The fourth-order valence-electron chi connectivity index (χ4n) is 1.28. The number of hydrogen-bond donors (Lipinski definition) is 1. The van der Waals surface area contributed by atoms with Crippen molar-refractivity contribution in [2.45, 2.75) is 33.9 Å². The molecule has 1 heterocycles. The van der Waals surface area contributed by atoms with Crippen LogP contribution in [-0.4, -0.2) is 11.5 Å². The van der Waals surface area contributed by atoms with Gasteiger partial charge >= 0.3 is 6.18 Å². The Hall–Kier alpha value is -0.970. The normalized spacial score (nSPS) is 14.3. The molecular formula is C13H18ClF3N2. The SMILES string of the molecule is CC(CNc1ncc(C(F)(F)F)cc1Cl)C(C)(C)C. The predicted octanol–water partition coefficient (Wildman–Crippen LogP) is 4.85. The van der Waals surface area contributed by atoms with Crippen LogP contribution in [0.5, 0.6) is 0 Å². The monoisotopic (exact) mass is 294 g/mol. The molecule has 19 heavy (non-hydrogen) atoms. The van der Waals surface area contributed by atoms with Crippen molar-refractivity contribution < 1.29 is 13.2 Å². The van der Waals surface area contributed by atoms with E-state index in [1.54, 1.807) is 0 Å². The van der Waals surface area contributed by atoms with Gasteiger partial charge in [0.25, 0.3) is 0 Å². The Labute approximate surface area is 116 Å². The molecule has 108 valence electrons. The summed E-state index contributed by atoms with van der Waals surface area (Å²) in [6.45, 7) is 8.95. The molecule has 0 aliphatic carbocycles. The van der Waals surface area contributed by atoms with Crippen LogP contribution in [0, 0.1) is 11.3 Å². The van der Waals surface area contributed by atoms with Crippen molar-refractivity contribution >= 4 is 17.4 Å². The summed E-state index contributed by atoms with van der Waals surface area (Å²) >= 11 is 5.81. The largest absolute Gasteiger partial charge is 0.417 e. The Morgan fingerprint density at radius 3 is 2.32 bits per heavy atom. The van der Waals surface area contributed by atoms with Gasteiger partial charge in [0.1, 0.15) is 5.82 Å². The van der Waals surface area contributed by atoms with E-state index in [4.69, 9.17) is 11.6 Å². The van der Waals surface area contributed by atoms with Crippen LogP contribution >= 0.6 is 11.6 Å². The molecular weight excluding hydrogens is 277 g/mol. The maximum absolute atomic E-state index is 12.5. The highest BCUT2D eigenvalue weighted by Gasteiger charge is 2.31. The third kappa shape index (κ3) is 4.56. The van der Waals surface area contributed by atoms with Gasteiger partial charge in [-0.05, 0) is 17.4 Å². The van der Waals surface area contributed by atoms with Gasteiger partial charge in [-0.1, -0.05) is 39.3 Å². The quantitative estimate of drug-likeness (QED) is 0.862. The van der Waals surface area contributed by atoms with Crippen LogP contribution in [-0.2, 0) is 6.18 Å². The molecule has 1 rings (SSSR count). The summed E-state index contributed by atoms with van der Waals surface area (Å²) in [5.74, 6) is 0.610. The van der Waals surface area contributed by atoms with Crippen molar-refractivity contribution in [3.63, 3.8) is 0 Å². The zero-order valence-electron chi connectivity index (χ0n) is 11.4. The molecule has 0 bridgehead atoms. The Morgan fingerprint density at radius 2 is 1.89 bits per heavy atom. The average Bonchev–Trinajstić information content (AvgIpc) is 2.24. The van der Waals surface area contributed by atoms with Crippen LogP contribution in [0.15, 0.2) is 12.3 Å². The Bertz CT molecular complexity index is 438. The number of rotatable bonds is 3. The molecule has 0 fully saturated rings. The molecule has 1 N–H and O–H groups in total. The second kappa shape index (κ2) is 5.57. The van der Waals surface area contributed by atoms with E-state index in [0.29, 0.717) is 12.5 Å². The zero-order chi connectivity index (χ0) is 14.8. The van der Waals surface area contributed by atoms with E-state index in [-0.39, 0.29) is 16.3 Å². The molecule has 0 aliphatic heterocycles. The topological polar surface area (TPSA) is 24.9 Å². The molecule has 6 heteroatoms. The summed E-state index contributed by atoms with van der Waals surface area (Å²) < 4.78 is 37.4. The standard InChI is InChI=1S/C13H18ClF3N2/c1-8(12(2,3)4)6-18-11-10(14)5-9(7-19-11)13(15,16)17/h5,7-8H,6H2,1-4H3,(H,18,19). The van der Waals surface area contributed by atoms with Crippen molar-refractivity contribution in [2.24, 2.45) is 11.3 Å². The maximum Gasteiger partial charge on any atom is 0.417 e. The lowest BCUT2D eigenvalue weighted by atomic mass is 9.82. The van der Waals surface area contributed by atoms with Gasteiger partial charge in [-0.3, -0.25) is 0 Å². The van der Waals surface area contributed by atoms with Crippen LogP contribution in [0.25, 0.3) is 0 Å². The molecule has 0 spiro atoms. The molecule has 0 aliphatic rings. The molecule has 0 amide bonds. The highest BCUT2D eigenvalue weighted by Crippen LogP contribution is 2.33. The van der Waals surface area contributed by atoms with Gasteiger partial charge in [0.05, 0.1) is 10.6 Å². The van der Waals surface area contributed by atoms with Crippen LogP contribution in [0.1, 0.15) is 33.3 Å². The zero-order valence-corrected chi connectivity index (χ0v) is 12.2. The van der Waals surface area contributed by atoms with Crippen LogP contribution < -0.4 is 5.32 Å². The molecule has 0 aromatic carbocycles. The molecule has 2 nitrogen and oxygen atoms in total. The third-order valence-corrected chi connectivity index (χ3v) is 3.51. The fourth-order valence-corrected chi connectivity index (χ4v) is 1.51. The summed E-state index contributed by atoms with van der Waals surface area (Å²) in [6, 6.07) is 0.888. The second-order valence-electron chi connectivity index (χ2n) is 5.70. The average molecular weight is 295 g/mol. The van der Waals surface area contributed by atoms with Crippen LogP contribution in [0.3, 0.4) is 0 Å². The first-order valence-corrected chi connectivity index (χ1v) is 6.36. The van der Waals surface area contributed by atoms with E-state index >= 15 is 0 Å². The van der Waals surface area contributed by atoms with Gasteiger partial charge in [-0.2, -0.15) is 13.2 Å². The summed E-state index contributed by atoms with van der Waals surface area (Å²) in [4.78, 5) is 3.74. The first-order chi connectivity index (χ1) is 8.51. The minimum Gasteiger partial charge on any atom is -0.369 e. The van der Waals surface area contributed by atoms with Gasteiger partial charge < -0.3 is 5.32 Å². The molecule has 1 unspecified atom stereocenters. The minimum atomic E-state index is -4.42. The van der Waals surface area contributed by atoms with E-state index in [2.05, 4.69) is 38.0 Å².